The Bertz CT molecular complexity index is 635. The predicted octanol–water partition coefficient (Wildman–Crippen LogP) is 0.456. The fourth-order valence-electron chi connectivity index (χ4n) is 2.86. The van der Waals surface area contributed by atoms with Gasteiger partial charge in [-0.2, -0.15) is 10.2 Å². The van der Waals surface area contributed by atoms with Crippen molar-refractivity contribution in [2.75, 3.05) is 13.1 Å². The van der Waals surface area contributed by atoms with Gasteiger partial charge in [-0.05, 0) is 24.6 Å². The Balaban J connectivity index is 1.94. The third kappa shape index (κ3) is 2.70. The topological polar surface area (TPSA) is 87.1 Å². The summed E-state index contributed by atoms with van der Waals surface area (Å²) in [5.74, 6) is -0.264. The van der Waals surface area contributed by atoms with Gasteiger partial charge in [0.15, 0.2) is 0 Å². The molecule has 2 atom stereocenters. The van der Waals surface area contributed by atoms with Crippen molar-refractivity contribution in [1.82, 2.24) is 20.8 Å². The summed E-state index contributed by atoms with van der Waals surface area (Å²) in [6.45, 7) is 1.16. The lowest BCUT2D eigenvalue weighted by Crippen LogP contribution is -2.61. The second-order valence-electron chi connectivity index (χ2n) is 5.39. The van der Waals surface area contributed by atoms with Crippen LogP contribution in [-0.4, -0.2) is 40.4 Å². The van der Waals surface area contributed by atoms with Crippen LogP contribution in [0.3, 0.4) is 0 Å². The minimum Gasteiger partial charge on any atom is -0.389 e. The van der Waals surface area contributed by atoms with Crippen molar-refractivity contribution in [1.29, 1.82) is 0 Å². The molecule has 114 valence electrons. The van der Waals surface area contributed by atoms with Crippen molar-refractivity contribution < 1.29 is 9.90 Å². The number of hydrogen-bond donors (Lipinski definition) is 3. The molecule has 0 saturated carbocycles. The van der Waals surface area contributed by atoms with E-state index in [2.05, 4.69) is 20.8 Å². The summed E-state index contributed by atoms with van der Waals surface area (Å²) in [6, 6.07) is 11.2. The summed E-state index contributed by atoms with van der Waals surface area (Å²) in [5, 5.41) is 24.1. The van der Waals surface area contributed by atoms with Crippen molar-refractivity contribution >= 4 is 5.91 Å². The van der Waals surface area contributed by atoms with Crippen LogP contribution in [0.5, 0.6) is 0 Å². The monoisotopic (exact) mass is 298 g/mol. The van der Waals surface area contributed by atoms with E-state index < -0.39 is 11.6 Å². The first kappa shape index (κ1) is 14.6. The fourth-order valence-corrected chi connectivity index (χ4v) is 2.86. The highest BCUT2D eigenvalue weighted by Gasteiger charge is 2.42. The van der Waals surface area contributed by atoms with Crippen LogP contribution in [0.25, 0.3) is 0 Å². The molecular formula is C16H18N4O2. The summed E-state index contributed by atoms with van der Waals surface area (Å²) in [4.78, 5) is 12.5. The number of nitrogens with one attached hydrogen (secondary N) is 2. The molecule has 2 heterocycles. The minimum atomic E-state index is -0.799. The van der Waals surface area contributed by atoms with Crippen LogP contribution in [0.15, 0.2) is 48.8 Å². The van der Waals surface area contributed by atoms with E-state index in [4.69, 9.17) is 0 Å². The number of carbonyl (C=O) groups is 1. The molecule has 22 heavy (non-hydrogen) atoms. The SMILES string of the molecule is O=C(N[C@]1(c2ccccc2)CCNC[C@H]1O)c1ccnnc1. The highest BCUT2D eigenvalue weighted by molar-refractivity contribution is 5.94. The molecule has 1 amide bonds. The van der Waals surface area contributed by atoms with Gasteiger partial charge in [0.1, 0.15) is 0 Å². The predicted molar refractivity (Wildman–Crippen MR) is 81.1 cm³/mol. The van der Waals surface area contributed by atoms with Gasteiger partial charge < -0.3 is 15.7 Å². The number of benzene rings is 1. The van der Waals surface area contributed by atoms with Crippen molar-refractivity contribution in [2.24, 2.45) is 0 Å². The third-order valence-corrected chi connectivity index (χ3v) is 4.07. The zero-order valence-corrected chi connectivity index (χ0v) is 12.1. The first-order chi connectivity index (χ1) is 10.7. The highest BCUT2D eigenvalue weighted by atomic mass is 16.3. The van der Waals surface area contributed by atoms with E-state index in [0.29, 0.717) is 18.5 Å². The summed E-state index contributed by atoms with van der Waals surface area (Å²) < 4.78 is 0. The van der Waals surface area contributed by atoms with Gasteiger partial charge in [0, 0.05) is 6.54 Å². The molecule has 6 heteroatoms. The molecule has 1 aliphatic rings. The number of hydrogen-bond acceptors (Lipinski definition) is 5. The Labute approximate surface area is 128 Å². The van der Waals surface area contributed by atoms with Gasteiger partial charge in [-0.1, -0.05) is 30.3 Å². The number of rotatable bonds is 3. The van der Waals surface area contributed by atoms with Crippen LogP contribution in [0, 0.1) is 0 Å². The Morgan fingerprint density at radius 2 is 2.09 bits per heavy atom. The molecule has 0 spiro atoms. The van der Waals surface area contributed by atoms with E-state index >= 15 is 0 Å². The van der Waals surface area contributed by atoms with Crippen molar-refractivity contribution in [2.45, 2.75) is 18.1 Å². The highest BCUT2D eigenvalue weighted by Crippen LogP contribution is 2.31. The third-order valence-electron chi connectivity index (χ3n) is 4.07. The average molecular weight is 298 g/mol. The van der Waals surface area contributed by atoms with E-state index in [9.17, 15) is 9.90 Å². The zero-order valence-electron chi connectivity index (χ0n) is 12.1. The van der Waals surface area contributed by atoms with Crippen LogP contribution in [-0.2, 0) is 5.54 Å². The summed E-state index contributed by atoms with van der Waals surface area (Å²) in [5.41, 5.74) is 0.530. The molecule has 3 N–H and O–H groups in total. The number of nitrogens with zero attached hydrogens (tertiary/aromatic N) is 2. The fraction of sp³-hybridized carbons (Fsp3) is 0.312. The average Bonchev–Trinajstić information content (AvgIpc) is 2.58. The molecule has 1 saturated heterocycles. The van der Waals surface area contributed by atoms with Crippen LogP contribution >= 0.6 is 0 Å². The normalized spacial score (nSPS) is 24.7. The van der Waals surface area contributed by atoms with Gasteiger partial charge in [0.2, 0.25) is 0 Å². The molecule has 1 aliphatic heterocycles. The molecular weight excluding hydrogens is 280 g/mol. The molecule has 0 radical (unpaired) electrons. The standard InChI is InChI=1S/C16H18N4O2/c21-14-11-17-9-7-16(14,13-4-2-1-3-5-13)20-15(22)12-6-8-18-19-10-12/h1-6,8,10,14,17,21H,7,9,11H2,(H,20,22)/t14-,16+/m1/s1. The molecule has 1 fully saturated rings. The number of piperidine rings is 1. The van der Waals surface area contributed by atoms with Crippen LogP contribution < -0.4 is 10.6 Å². The van der Waals surface area contributed by atoms with Gasteiger partial charge in [-0.15, -0.1) is 0 Å². The van der Waals surface area contributed by atoms with Crippen molar-refractivity contribution in [3.05, 3.63) is 59.9 Å². The molecule has 0 unspecified atom stereocenters. The smallest absolute Gasteiger partial charge is 0.253 e. The lowest BCUT2D eigenvalue weighted by molar-refractivity contribution is 0.0289. The number of aliphatic hydroxyl groups is 1. The number of amides is 1. The molecule has 0 aliphatic carbocycles. The maximum absolute atomic E-state index is 12.5. The Morgan fingerprint density at radius 1 is 1.27 bits per heavy atom. The molecule has 2 aromatic rings. The lowest BCUT2D eigenvalue weighted by Gasteiger charge is -2.43. The van der Waals surface area contributed by atoms with E-state index in [1.807, 2.05) is 30.3 Å². The van der Waals surface area contributed by atoms with Crippen molar-refractivity contribution in [3.63, 3.8) is 0 Å². The summed E-state index contributed by atoms with van der Waals surface area (Å²) in [6.07, 6.45) is 2.80. The van der Waals surface area contributed by atoms with E-state index in [0.717, 1.165) is 12.1 Å². The summed E-state index contributed by atoms with van der Waals surface area (Å²) >= 11 is 0. The Morgan fingerprint density at radius 3 is 2.77 bits per heavy atom. The second-order valence-corrected chi connectivity index (χ2v) is 5.39. The molecule has 3 rings (SSSR count). The van der Waals surface area contributed by atoms with Gasteiger partial charge in [-0.25, -0.2) is 0 Å². The Kier molecular flexibility index (Phi) is 4.13. The molecule has 1 aromatic heterocycles. The van der Waals surface area contributed by atoms with Gasteiger partial charge >= 0.3 is 0 Å². The first-order valence-corrected chi connectivity index (χ1v) is 7.26. The van der Waals surface area contributed by atoms with Gasteiger partial charge in [-0.3, -0.25) is 4.79 Å². The van der Waals surface area contributed by atoms with Gasteiger partial charge in [0.25, 0.3) is 5.91 Å². The zero-order chi connectivity index (χ0) is 15.4. The second kappa shape index (κ2) is 6.21. The number of carbonyl (C=O) groups excluding carboxylic acids is 1. The molecule has 0 bridgehead atoms. The molecule has 1 aromatic carbocycles. The Hall–Kier alpha value is -2.31. The van der Waals surface area contributed by atoms with E-state index in [-0.39, 0.29) is 5.91 Å². The minimum absolute atomic E-state index is 0.264. The maximum atomic E-state index is 12.5. The first-order valence-electron chi connectivity index (χ1n) is 7.26. The van der Waals surface area contributed by atoms with Gasteiger partial charge in [0.05, 0.1) is 29.6 Å². The van der Waals surface area contributed by atoms with Crippen LogP contribution in [0.1, 0.15) is 22.3 Å². The quantitative estimate of drug-likeness (QED) is 0.766. The number of aromatic nitrogens is 2. The molecule has 6 nitrogen and oxygen atoms in total. The van der Waals surface area contributed by atoms with Crippen LogP contribution in [0.2, 0.25) is 0 Å². The number of β-amino-alcohol motifs (C(OH)–C–C–N with tert-alkyl or cyclic N) is 1. The lowest BCUT2D eigenvalue weighted by atomic mass is 9.79. The van der Waals surface area contributed by atoms with E-state index in [1.54, 1.807) is 6.07 Å². The summed E-state index contributed by atoms with van der Waals surface area (Å²) in [7, 11) is 0. The van der Waals surface area contributed by atoms with E-state index in [1.165, 1.54) is 12.4 Å². The van der Waals surface area contributed by atoms with Crippen LogP contribution in [0.4, 0.5) is 0 Å². The van der Waals surface area contributed by atoms with Crippen molar-refractivity contribution in [3.8, 4) is 0 Å². The maximum Gasteiger partial charge on any atom is 0.253 e. The number of aliphatic hydroxyl groups excluding tert-OH is 1. The largest absolute Gasteiger partial charge is 0.389 e.